The highest BCUT2D eigenvalue weighted by molar-refractivity contribution is 7.88. The molecule has 0 aromatic heterocycles. The van der Waals surface area contributed by atoms with Gasteiger partial charge < -0.3 is 14.8 Å². The molecule has 1 aliphatic heterocycles. The van der Waals surface area contributed by atoms with Crippen LogP contribution < -0.4 is 19.5 Å². The SMILES string of the molecule is COc1ccc(CNC(=O)CN2CCC(NS(C)(=O)=O)CC2)cc1OC. The Balaban J connectivity index is 1.76. The van der Waals surface area contributed by atoms with Gasteiger partial charge in [0.05, 0.1) is 27.0 Å². The largest absolute Gasteiger partial charge is 0.493 e. The highest BCUT2D eigenvalue weighted by Crippen LogP contribution is 2.27. The fourth-order valence-corrected chi connectivity index (χ4v) is 3.80. The molecule has 1 saturated heterocycles. The molecule has 146 valence electrons. The Kier molecular flexibility index (Phi) is 7.24. The number of carbonyl (C=O) groups excluding carboxylic acids is 1. The number of sulfonamides is 1. The van der Waals surface area contributed by atoms with E-state index in [9.17, 15) is 13.2 Å². The lowest BCUT2D eigenvalue weighted by Gasteiger charge is -2.31. The number of amides is 1. The Hall–Kier alpha value is -1.84. The van der Waals surface area contributed by atoms with Gasteiger partial charge in [-0.05, 0) is 30.5 Å². The standard InChI is InChI=1S/C17H27N3O5S/c1-24-15-5-4-13(10-16(15)25-2)11-18-17(21)12-20-8-6-14(7-9-20)19-26(3,22)23/h4-5,10,14,19H,6-9,11-12H2,1-3H3,(H,18,21). The third kappa shape index (κ3) is 6.47. The van der Waals surface area contributed by atoms with Crippen LogP contribution in [0.5, 0.6) is 11.5 Å². The first kappa shape index (κ1) is 20.5. The van der Waals surface area contributed by atoms with E-state index in [1.54, 1.807) is 20.3 Å². The fraction of sp³-hybridized carbons (Fsp3) is 0.588. The van der Waals surface area contributed by atoms with Crippen molar-refractivity contribution in [3.8, 4) is 11.5 Å². The minimum absolute atomic E-state index is 0.0453. The van der Waals surface area contributed by atoms with Gasteiger partial charge in [0.25, 0.3) is 0 Å². The van der Waals surface area contributed by atoms with Crippen molar-refractivity contribution in [3.63, 3.8) is 0 Å². The number of piperidine rings is 1. The summed E-state index contributed by atoms with van der Waals surface area (Å²) in [6, 6.07) is 5.47. The van der Waals surface area contributed by atoms with E-state index >= 15 is 0 Å². The maximum atomic E-state index is 12.2. The topological polar surface area (TPSA) is 97.0 Å². The Morgan fingerprint density at radius 2 is 1.85 bits per heavy atom. The van der Waals surface area contributed by atoms with Crippen molar-refractivity contribution in [1.29, 1.82) is 0 Å². The first-order chi connectivity index (χ1) is 12.3. The molecule has 1 fully saturated rings. The van der Waals surface area contributed by atoms with Crippen LogP contribution in [0.3, 0.4) is 0 Å². The minimum Gasteiger partial charge on any atom is -0.493 e. The number of nitrogens with zero attached hydrogens (tertiary/aromatic N) is 1. The Morgan fingerprint density at radius 1 is 1.19 bits per heavy atom. The molecule has 8 nitrogen and oxygen atoms in total. The highest BCUT2D eigenvalue weighted by atomic mass is 32.2. The summed E-state index contributed by atoms with van der Waals surface area (Å²) >= 11 is 0. The number of methoxy groups -OCH3 is 2. The number of ether oxygens (including phenoxy) is 2. The molecule has 1 amide bonds. The van der Waals surface area contributed by atoms with Crippen LogP contribution in [-0.2, 0) is 21.4 Å². The number of nitrogens with one attached hydrogen (secondary N) is 2. The molecule has 0 bridgehead atoms. The van der Waals surface area contributed by atoms with E-state index in [4.69, 9.17) is 9.47 Å². The molecule has 0 unspecified atom stereocenters. The second-order valence-electron chi connectivity index (χ2n) is 6.41. The van der Waals surface area contributed by atoms with Gasteiger partial charge in [-0.3, -0.25) is 9.69 Å². The molecule has 1 aromatic rings. The predicted octanol–water partition coefficient (Wildman–Crippen LogP) is 0.334. The maximum Gasteiger partial charge on any atom is 0.234 e. The summed E-state index contributed by atoms with van der Waals surface area (Å²) in [5, 5.41) is 2.90. The van der Waals surface area contributed by atoms with Crippen molar-refractivity contribution in [1.82, 2.24) is 14.9 Å². The van der Waals surface area contributed by atoms with Gasteiger partial charge in [0.2, 0.25) is 15.9 Å². The molecule has 2 N–H and O–H groups in total. The van der Waals surface area contributed by atoms with Crippen LogP contribution in [0, 0.1) is 0 Å². The van der Waals surface area contributed by atoms with Gasteiger partial charge in [-0.2, -0.15) is 0 Å². The summed E-state index contributed by atoms with van der Waals surface area (Å²) in [5.41, 5.74) is 0.923. The normalized spacial score (nSPS) is 16.3. The van der Waals surface area contributed by atoms with Crippen molar-refractivity contribution in [3.05, 3.63) is 23.8 Å². The molecule has 0 spiro atoms. The van der Waals surface area contributed by atoms with Crippen LogP contribution in [0.2, 0.25) is 0 Å². The third-order valence-electron chi connectivity index (χ3n) is 4.27. The van der Waals surface area contributed by atoms with E-state index in [2.05, 4.69) is 10.0 Å². The summed E-state index contributed by atoms with van der Waals surface area (Å²) in [5.74, 6) is 1.21. The van der Waals surface area contributed by atoms with Crippen LogP contribution in [0.15, 0.2) is 18.2 Å². The molecular weight excluding hydrogens is 358 g/mol. The molecule has 0 radical (unpaired) electrons. The van der Waals surface area contributed by atoms with Gasteiger partial charge in [0.15, 0.2) is 11.5 Å². The lowest BCUT2D eigenvalue weighted by molar-refractivity contribution is -0.122. The first-order valence-electron chi connectivity index (χ1n) is 8.48. The fourth-order valence-electron chi connectivity index (χ4n) is 2.96. The summed E-state index contributed by atoms with van der Waals surface area (Å²) in [7, 11) is -0.0322. The van der Waals surface area contributed by atoms with E-state index < -0.39 is 10.0 Å². The first-order valence-corrected chi connectivity index (χ1v) is 10.4. The van der Waals surface area contributed by atoms with E-state index in [0.29, 0.717) is 50.5 Å². The van der Waals surface area contributed by atoms with Crippen LogP contribution in [0.1, 0.15) is 18.4 Å². The average Bonchev–Trinajstić information content (AvgIpc) is 2.60. The zero-order chi connectivity index (χ0) is 19.2. The van der Waals surface area contributed by atoms with Crippen molar-refractivity contribution >= 4 is 15.9 Å². The number of likely N-dealkylation sites (tertiary alicyclic amines) is 1. The summed E-state index contributed by atoms with van der Waals surface area (Å²) in [4.78, 5) is 14.2. The summed E-state index contributed by atoms with van der Waals surface area (Å²) < 4.78 is 35.6. The number of hydrogen-bond donors (Lipinski definition) is 2. The molecule has 0 atom stereocenters. The molecule has 2 rings (SSSR count). The van der Waals surface area contributed by atoms with Crippen molar-refractivity contribution in [2.75, 3.05) is 40.1 Å². The molecule has 0 saturated carbocycles. The van der Waals surface area contributed by atoms with Crippen molar-refractivity contribution < 1.29 is 22.7 Å². The number of carbonyl (C=O) groups is 1. The van der Waals surface area contributed by atoms with E-state index in [0.717, 1.165) is 5.56 Å². The smallest absolute Gasteiger partial charge is 0.234 e. The molecular formula is C17H27N3O5S. The predicted molar refractivity (Wildman–Crippen MR) is 98.8 cm³/mol. The zero-order valence-corrected chi connectivity index (χ0v) is 16.3. The van der Waals surface area contributed by atoms with E-state index in [-0.39, 0.29) is 11.9 Å². The number of rotatable bonds is 8. The lowest BCUT2D eigenvalue weighted by atomic mass is 10.1. The van der Waals surface area contributed by atoms with Gasteiger partial charge in [-0.25, -0.2) is 13.1 Å². The van der Waals surface area contributed by atoms with E-state index in [1.165, 1.54) is 6.26 Å². The van der Waals surface area contributed by atoms with Gasteiger partial charge in [-0.15, -0.1) is 0 Å². The molecule has 9 heteroatoms. The highest BCUT2D eigenvalue weighted by Gasteiger charge is 2.22. The van der Waals surface area contributed by atoms with Crippen LogP contribution >= 0.6 is 0 Å². The van der Waals surface area contributed by atoms with Gasteiger partial charge in [0, 0.05) is 25.7 Å². The van der Waals surface area contributed by atoms with Crippen molar-refractivity contribution in [2.45, 2.75) is 25.4 Å². The lowest BCUT2D eigenvalue weighted by Crippen LogP contribution is -2.47. The molecule has 0 aliphatic carbocycles. The molecule has 1 aromatic carbocycles. The van der Waals surface area contributed by atoms with Crippen molar-refractivity contribution in [2.24, 2.45) is 0 Å². The molecule has 1 heterocycles. The summed E-state index contributed by atoms with van der Waals surface area (Å²) in [6.45, 7) is 2.10. The Morgan fingerprint density at radius 3 is 2.42 bits per heavy atom. The van der Waals surface area contributed by atoms with Gasteiger partial charge in [0.1, 0.15) is 0 Å². The number of hydrogen-bond acceptors (Lipinski definition) is 6. The monoisotopic (exact) mass is 385 g/mol. The van der Waals surface area contributed by atoms with Crippen LogP contribution in [0.25, 0.3) is 0 Å². The second-order valence-corrected chi connectivity index (χ2v) is 8.19. The summed E-state index contributed by atoms with van der Waals surface area (Å²) in [6.07, 6.45) is 2.58. The third-order valence-corrected chi connectivity index (χ3v) is 5.03. The maximum absolute atomic E-state index is 12.2. The quantitative estimate of drug-likeness (QED) is 0.670. The molecule has 26 heavy (non-hydrogen) atoms. The zero-order valence-electron chi connectivity index (χ0n) is 15.4. The van der Waals surface area contributed by atoms with Gasteiger partial charge in [-0.1, -0.05) is 6.07 Å². The Labute approximate surface area is 154 Å². The second kappa shape index (κ2) is 9.20. The number of benzene rings is 1. The van der Waals surface area contributed by atoms with Crippen LogP contribution in [0.4, 0.5) is 0 Å². The minimum atomic E-state index is -3.18. The average molecular weight is 385 g/mol. The Bertz CT molecular complexity index is 715. The van der Waals surface area contributed by atoms with Gasteiger partial charge >= 0.3 is 0 Å². The molecule has 1 aliphatic rings. The van der Waals surface area contributed by atoms with E-state index in [1.807, 2.05) is 17.0 Å². The van der Waals surface area contributed by atoms with Crippen LogP contribution in [-0.4, -0.2) is 65.4 Å².